The van der Waals surface area contributed by atoms with E-state index in [1.165, 1.54) is 6.92 Å². The van der Waals surface area contributed by atoms with E-state index in [1.807, 2.05) is 31.2 Å². The fourth-order valence-corrected chi connectivity index (χ4v) is 4.02. The maximum absolute atomic E-state index is 12.2. The van der Waals surface area contributed by atoms with Gasteiger partial charge in [0.2, 0.25) is 15.9 Å². The SMILES string of the molecule is CC(=O)N1CCC(S(=O)(=O)NCCOc2ccc(C)cc2)CC1. The summed E-state index contributed by atoms with van der Waals surface area (Å²) in [5, 5.41) is -0.433. The van der Waals surface area contributed by atoms with Gasteiger partial charge in [0.05, 0.1) is 5.25 Å². The Balaban J connectivity index is 1.74. The van der Waals surface area contributed by atoms with E-state index in [9.17, 15) is 13.2 Å². The predicted molar refractivity (Wildman–Crippen MR) is 88.9 cm³/mol. The molecule has 0 saturated carbocycles. The highest BCUT2D eigenvalue weighted by molar-refractivity contribution is 7.90. The van der Waals surface area contributed by atoms with E-state index in [4.69, 9.17) is 4.74 Å². The third kappa shape index (κ3) is 5.21. The number of nitrogens with one attached hydrogen (secondary N) is 1. The highest BCUT2D eigenvalue weighted by atomic mass is 32.2. The monoisotopic (exact) mass is 340 g/mol. The molecule has 0 aliphatic carbocycles. The minimum atomic E-state index is -3.36. The average molecular weight is 340 g/mol. The zero-order valence-electron chi connectivity index (χ0n) is 13.6. The Hall–Kier alpha value is -1.60. The van der Waals surface area contributed by atoms with Crippen molar-refractivity contribution in [3.63, 3.8) is 0 Å². The molecule has 0 atom stereocenters. The molecule has 0 aromatic heterocycles. The van der Waals surface area contributed by atoms with Crippen molar-refractivity contribution in [2.45, 2.75) is 31.9 Å². The fraction of sp³-hybridized carbons (Fsp3) is 0.562. The number of likely N-dealkylation sites (tertiary alicyclic amines) is 1. The van der Waals surface area contributed by atoms with Gasteiger partial charge >= 0.3 is 0 Å². The number of nitrogens with zero attached hydrogens (tertiary/aromatic N) is 1. The number of sulfonamides is 1. The zero-order valence-corrected chi connectivity index (χ0v) is 14.4. The molecule has 1 N–H and O–H groups in total. The largest absolute Gasteiger partial charge is 0.492 e. The first kappa shape index (κ1) is 17.7. The van der Waals surface area contributed by atoms with Crippen LogP contribution in [0.5, 0.6) is 5.75 Å². The van der Waals surface area contributed by atoms with Gasteiger partial charge in [0, 0.05) is 26.6 Å². The molecule has 1 aromatic rings. The third-order valence-electron chi connectivity index (χ3n) is 4.02. The van der Waals surface area contributed by atoms with Gasteiger partial charge in [0.1, 0.15) is 12.4 Å². The van der Waals surface area contributed by atoms with E-state index in [0.717, 1.165) is 11.3 Å². The summed E-state index contributed by atoms with van der Waals surface area (Å²) in [5.74, 6) is 0.727. The van der Waals surface area contributed by atoms with Crippen molar-refractivity contribution < 1.29 is 17.9 Å². The molecule has 0 spiro atoms. The second-order valence-corrected chi connectivity index (χ2v) is 7.85. The predicted octanol–water partition coefficient (Wildman–Crippen LogP) is 1.30. The summed E-state index contributed by atoms with van der Waals surface area (Å²) in [6, 6.07) is 7.62. The number of ether oxygens (including phenoxy) is 1. The molecule has 6 nitrogen and oxygen atoms in total. The van der Waals surface area contributed by atoms with Gasteiger partial charge in [0.15, 0.2) is 0 Å². The number of hydrogen-bond acceptors (Lipinski definition) is 4. The number of carbonyl (C=O) groups excluding carboxylic acids is 1. The van der Waals surface area contributed by atoms with E-state index in [-0.39, 0.29) is 19.1 Å². The van der Waals surface area contributed by atoms with Crippen molar-refractivity contribution in [2.75, 3.05) is 26.2 Å². The summed E-state index contributed by atoms with van der Waals surface area (Å²) in [7, 11) is -3.36. The maximum atomic E-state index is 12.2. The molecule has 1 fully saturated rings. The number of amides is 1. The normalized spacial score (nSPS) is 16.3. The lowest BCUT2D eigenvalue weighted by Gasteiger charge is -2.30. The second kappa shape index (κ2) is 7.79. The molecule has 1 heterocycles. The van der Waals surface area contributed by atoms with Gasteiger partial charge in [-0.3, -0.25) is 4.79 Å². The lowest BCUT2D eigenvalue weighted by molar-refractivity contribution is -0.129. The molecule has 23 heavy (non-hydrogen) atoms. The highest BCUT2D eigenvalue weighted by Gasteiger charge is 2.30. The van der Waals surface area contributed by atoms with Crippen molar-refractivity contribution in [2.24, 2.45) is 0 Å². The zero-order chi connectivity index (χ0) is 16.9. The Labute approximate surface area is 137 Å². The molecule has 1 aliphatic heterocycles. The number of benzene rings is 1. The van der Waals surface area contributed by atoms with Crippen LogP contribution in [0.25, 0.3) is 0 Å². The van der Waals surface area contributed by atoms with Crippen molar-refractivity contribution >= 4 is 15.9 Å². The van der Waals surface area contributed by atoms with E-state index in [1.54, 1.807) is 4.90 Å². The molecule has 2 rings (SSSR count). The molecule has 1 aromatic carbocycles. The molecule has 1 aliphatic rings. The van der Waals surface area contributed by atoms with E-state index < -0.39 is 15.3 Å². The molecule has 128 valence electrons. The van der Waals surface area contributed by atoms with Crippen LogP contribution in [0.15, 0.2) is 24.3 Å². The van der Waals surface area contributed by atoms with E-state index >= 15 is 0 Å². The minimum absolute atomic E-state index is 0.000282. The molecule has 0 bridgehead atoms. The van der Waals surface area contributed by atoms with Crippen LogP contribution in [-0.4, -0.2) is 50.7 Å². The van der Waals surface area contributed by atoms with Gasteiger partial charge in [-0.2, -0.15) is 0 Å². The van der Waals surface area contributed by atoms with Crippen LogP contribution in [0, 0.1) is 6.92 Å². The first-order chi connectivity index (χ1) is 10.9. The van der Waals surface area contributed by atoms with Gasteiger partial charge in [-0.25, -0.2) is 13.1 Å². The molecular formula is C16H24N2O4S. The lowest BCUT2D eigenvalue weighted by Crippen LogP contribution is -2.45. The Morgan fingerprint density at radius 3 is 2.43 bits per heavy atom. The average Bonchev–Trinajstić information content (AvgIpc) is 2.53. The Bertz CT molecular complexity index is 620. The van der Waals surface area contributed by atoms with Gasteiger partial charge in [-0.15, -0.1) is 0 Å². The number of piperidine rings is 1. The summed E-state index contributed by atoms with van der Waals surface area (Å²) in [4.78, 5) is 13.0. The first-order valence-electron chi connectivity index (χ1n) is 7.82. The summed E-state index contributed by atoms with van der Waals surface area (Å²) in [5.41, 5.74) is 1.15. The molecule has 1 amide bonds. The van der Waals surface area contributed by atoms with Crippen molar-refractivity contribution in [1.29, 1.82) is 0 Å². The smallest absolute Gasteiger partial charge is 0.219 e. The maximum Gasteiger partial charge on any atom is 0.219 e. The van der Waals surface area contributed by atoms with E-state index in [2.05, 4.69) is 4.72 Å². The van der Waals surface area contributed by atoms with E-state index in [0.29, 0.717) is 25.9 Å². The minimum Gasteiger partial charge on any atom is -0.492 e. The first-order valence-corrected chi connectivity index (χ1v) is 9.36. The van der Waals surface area contributed by atoms with Crippen LogP contribution >= 0.6 is 0 Å². The molecule has 7 heteroatoms. The standard InChI is InChI=1S/C16H24N2O4S/c1-13-3-5-15(6-4-13)22-12-9-17-23(20,21)16-7-10-18(11-8-16)14(2)19/h3-6,16-17H,7-12H2,1-2H3. The fourth-order valence-electron chi connectivity index (χ4n) is 2.59. The van der Waals surface area contributed by atoms with Crippen LogP contribution in [0.4, 0.5) is 0 Å². The number of rotatable bonds is 6. The Morgan fingerprint density at radius 2 is 1.87 bits per heavy atom. The van der Waals surface area contributed by atoms with Crippen LogP contribution in [0.3, 0.4) is 0 Å². The highest BCUT2D eigenvalue weighted by Crippen LogP contribution is 2.17. The number of aryl methyl sites for hydroxylation is 1. The molecule has 1 saturated heterocycles. The molecular weight excluding hydrogens is 316 g/mol. The van der Waals surface area contributed by atoms with Crippen LogP contribution in [-0.2, 0) is 14.8 Å². The van der Waals surface area contributed by atoms with Gasteiger partial charge in [-0.05, 0) is 31.9 Å². The van der Waals surface area contributed by atoms with Crippen molar-refractivity contribution in [3.05, 3.63) is 29.8 Å². The van der Waals surface area contributed by atoms with Gasteiger partial charge in [-0.1, -0.05) is 17.7 Å². The summed E-state index contributed by atoms with van der Waals surface area (Å²) < 4.78 is 32.6. The van der Waals surface area contributed by atoms with Gasteiger partial charge < -0.3 is 9.64 Å². The number of carbonyl (C=O) groups is 1. The molecule has 0 unspecified atom stereocenters. The van der Waals surface area contributed by atoms with Crippen molar-refractivity contribution in [1.82, 2.24) is 9.62 Å². The Kier molecular flexibility index (Phi) is 6.01. The van der Waals surface area contributed by atoms with Crippen LogP contribution in [0.1, 0.15) is 25.3 Å². The summed E-state index contributed by atoms with van der Waals surface area (Å²) in [6.07, 6.45) is 0.960. The topological polar surface area (TPSA) is 75.7 Å². The second-order valence-electron chi connectivity index (χ2n) is 5.81. The molecule has 0 radical (unpaired) electrons. The summed E-state index contributed by atoms with van der Waals surface area (Å²) >= 11 is 0. The summed E-state index contributed by atoms with van der Waals surface area (Å²) in [6.45, 7) is 5.03. The Morgan fingerprint density at radius 1 is 1.26 bits per heavy atom. The lowest BCUT2D eigenvalue weighted by atomic mass is 10.1. The number of hydrogen-bond donors (Lipinski definition) is 1. The third-order valence-corrected chi connectivity index (χ3v) is 5.98. The van der Waals surface area contributed by atoms with Crippen LogP contribution in [0.2, 0.25) is 0 Å². The quantitative estimate of drug-likeness (QED) is 0.792. The van der Waals surface area contributed by atoms with Crippen molar-refractivity contribution in [3.8, 4) is 5.75 Å². The van der Waals surface area contributed by atoms with Crippen LogP contribution < -0.4 is 9.46 Å². The van der Waals surface area contributed by atoms with Gasteiger partial charge in [0.25, 0.3) is 0 Å².